The number of nitriles is 1. The first-order valence-electron chi connectivity index (χ1n) is 10.0. The van der Waals surface area contributed by atoms with Crippen molar-refractivity contribution in [3.8, 4) is 6.07 Å². The highest BCUT2D eigenvalue weighted by Gasteiger charge is 2.30. The number of anilines is 2. The van der Waals surface area contributed by atoms with E-state index in [9.17, 15) is 14.4 Å². The van der Waals surface area contributed by atoms with Gasteiger partial charge in [0.05, 0.1) is 11.2 Å². The quantitative estimate of drug-likeness (QED) is 0.668. The van der Waals surface area contributed by atoms with Crippen LogP contribution >= 0.6 is 0 Å². The van der Waals surface area contributed by atoms with E-state index in [2.05, 4.69) is 27.8 Å². The minimum absolute atomic E-state index is 0.0956. The van der Waals surface area contributed by atoms with Gasteiger partial charge in [-0.25, -0.2) is 9.37 Å². The fraction of sp³-hybridized carbons (Fsp3) is 0.348. The van der Waals surface area contributed by atoms with Crippen molar-refractivity contribution in [1.29, 1.82) is 5.26 Å². The first-order valence-corrected chi connectivity index (χ1v) is 10.0. The fourth-order valence-electron chi connectivity index (χ4n) is 4.34. The number of pyridine rings is 2. The summed E-state index contributed by atoms with van der Waals surface area (Å²) in [6.45, 7) is 2.90. The van der Waals surface area contributed by atoms with Crippen LogP contribution in [0.3, 0.4) is 0 Å². The molecule has 0 amide bonds. The molecule has 0 saturated carbocycles. The molecule has 0 spiro atoms. The number of aryl methyl sites for hydroxylation is 1. The van der Waals surface area contributed by atoms with Crippen LogP contribution in [0, 0.1) is 17.1 Å². The van der Waals surface area contributed by atoms with Crippen molar-refractivity contribution in [3.05, 3.63) is 64.3 Å². The zero-order chi connectivity index (χ0) is 21.4. The normalized spacial score (nSPS) is 19.0. The first-order chi connectivity index (χ1) is 14.4. The molecular weight excluding hydrogens is 381 g/mol. The second-order valence-electron chi connectivity index (χ2n) is 7.91. The third-order valence-corrected chi connectivity index (χ3v) is 6.12. The van der Waals surface area contributed by atoms with Crippen LogP contribution in [0.5, 0.6) is 0 Å². The number of rotatable bonds is 3. The monoisotopic (exact) mass is 405 g/mol. The Morgan fingerprint density at radius 3 is 2.63 bits per heavy atom. The molecule has 154 valence electrons. The van der Waals surface area contributed by atoms with Crippen molar-refractivity contribution in [1.82, 2.24) is 9.55 Å². The van der Waals surface area contributed by atoms with E-state index < -0.39 is 0 Å². The van der Waals surface area contributed by atoms with Crippen LogP contribution in [0.25, 0.3) is 11.0 Å². The Balaban J connectivity index is 1.64. The lowest BCUT2D eigenvalue weighted by atomic mass is 9.95. The predicted octanol–water partition coefficient (Wildman–Crippen LogP) is 3.44. The molecule has 7 heteroatoms. The zero-order valence-corrected chi connectivity index (χ0v) is 17.3. The lowest BCUT2D eigenvalue weighted by molar-refractivity contribution is 0.418. The second kappa shape index (κ2) is 7.79. The summed E-state index contributed by atoms with van der Waals surface area (Å²) in [7, 11) is 3.75. The van der Waals surface area contributed by atoms with Crippen LogP contribution in [0.2, 0.25) is 0 Å². The largest absolute Gasteiger partial charge is 0.371 e. The van der Waals surface area contributed by atoms with E-state index in [4.69, 9.17) is 0 Å². The molecule has 1 fully saturated rings. The average Bonchev–Trinajstić information content (AvgIpc) is 2.76. The van der Waals surface area contributed by atoms with Crippen molar-refractivity contribution >= 4 is 22.4 Å². The van der Waals surface area contributed by atoms with Gasteiger partial charge in [-0.05, 0) is 56.2 Å². The molecule has 0 bridgehead atoms. The number of fused-ring (bicyclic) bond motifs is 1. The van der Waals surface area contributed by atoms with Gasteiger partial charge in [0.2, 0.25) is 0 Å². The number of hydrogen-bond donors (Lipinski definition) is 0. The minimum atomic E-state index is -0.239. The van der Waals surface area contributed by atoms with Crippen LogP contribution in [-0.4, -0.2) is 35.2 Å². The molecule has 2 unspecified atom stereocenters. The van der Waals surface area contributed by atoms with E-state index in [1.807, 2.05) is 7.05 Å². The van der Waals surface area contributed by atoms with Crippen LogP contribution in [0.1, 0.15) is 25.5 Å². The molecule has 4 rings (SSSR count). The minimum Gasteiger partial charge on any atom is -0.371 e. The van der Waals surface area contributed by atoms with Gasteiger partial charge < -0.3 is 14.4 Å². The highest BCUT2D eigenvalue weighted by molar-refractivity contribution is 5.88. The first kappa shape index (κ1) is 19.9. The number of nitrogens with zero attached hydrogens (tertiary/aromatic N) is 5. The van der Waals surface area contributed by atoms with E-state index in [0.29, 0.717) is 22.8 Å². The molecule has 1 aromatic carbocycles. The number of aromatic nitrogens is 2. The molecule has 3 heterocycles. The maximum atomic E-state index is 13.3. The lowest BCUT2D eigenvalue weighted by Gasteiger charge is -2.43. The van der Waals surface area contributed by atoms with Crippen LogP contribution < -0.4 is 15.4 Å². The lowest BCUT2D eigenvalue weighted by Crippen LogP contribution is -2.48. The number of benzene rings is 1. The van der Waals surface area contributed by atoms with Gasteiger partial charge in [0.15, 0.2) is 0 Å². The van der Waals surface area contributed by atoms with Gasteiger partial charge in [-0.1, -0.05) is 0 Å². The van der Waals surface area contributed by atoms with E-state index >= 15 is 0 Å². The standard InChI is InChI=1S/C23H24FN5O/c1-15-12-19(27(2)18-7-4-16(24)5-8-18)10-11-29(15)21-13-22(30)28(3)20-9-6-17(14-25)26-23(20)21/h4-9,13,15,19H,10-12H2,1-3H3. The molecule has 0 N–H and O–H groups in total. The maximum absolute atomic E-state index is 13.3. The second-order valence-corrected chi connectivity index (χ2v) is 7.91. The van der Waals surface area contributed by atoms with Crippen molar-refractivity contribution in [2.45, 2.75) is 31.8 Å². The van der Waals surface area contributed by atoms with E-state index in [-0.39, 0.29) is 17.4 Å². The highest BCUT2D eigenvalue weighted by atomic mass is 19.1. The molecule has 2 atom stereocenters. The Morgan fingerprint density at radius 1 is 1.23 bits per heavy atom. The summed E-state index contributed by atoms with van der Waals surface area (Å²) in [5.41, 5.74) is 3.40. The Hall–Kier alpha value is -3.40. The maximum Gasteiger partial charge on any atom is 0.252 e. The SMILES string of the molecule is CC1CC(N(C)c2ccc(F)cc2)CCN1c1cc(=O)n(C)c2ccc(C#N)nc12. The van der Waals surface area contributed by atoms with Crippen molar-refractivity contribution in [3.63, 3.8) is 0 Å². The molecule has 3 aromatic rings. The molecular formula is C23H24FN5O. The number of hydrogen-bond acceptors (Lipinski definition) is 5. The molecule has 0 aliphatic carbocycles. The molecule has 6 nitrogen and oxygen atoms in total. The molecule has 30 heavy (non-hydrogen) atoms. The predicted molar refractivity (Wildman–Crippen MR) is 116 cm³/mol. The van der Waals surface area contributed by atoms with Crippen molar-refractivity contribution in [2.75, 3.05) is 23.4 Å². The summed E-state index contributed by atoms with van der Waals surface area (Å²) in [6.07, 6.45) is 1.79. The van der Waals surface area contributed by atoms with E-state index in [1.165, 1.54) is 12.1 Å². The van der Waals surface area contributed by atoms with Crippen molar-refractivity contribution < 1.29 is 4.39 Å². The smallest absolute Gasteiger partial charge is 0.252 e. The molecule has 0 radical (unpaired) electrons. The summed E-state index contributed by atoms with van der Waals surface area (Å²) in [6, 6.07) is 14.2. The van der Waals surface area contributed by atoms with Gasteiger partial charge in [0, 0.05) is 44.5 Å². The van der Waals surface area contributed by atoms with Crippen molar-refractivity contribution in [2.24, 2.45) is 7.05 Å². The van der Waals surface area contributed by atoms with Gasteiger partial charge >= 0.3 is 0 Å². The van der Waals surface area contributed by atoms with E-state index in [1.54, 1.807) is 41.9 Å². The summed E-state index contributed by atoms with van der Waals surface area (Å²) >= 11 is 0. The molecule has 1 aliphatic rings. The van der Waals surface area contributed by atoms with Gasteiger partial charge in [-0.15, -0.1) is 0 Å². The Morgan fingerprint density at radius 2 is 1.97 bits per heavy atom. The third-order valence-electron chi connectivity index (χ3n) is 6.12. The number of halogens is 1. The molecule has 1 saturated heterocycles. The van der Waals surface area contributed by atoms with Gasteiger partial charge in [-0.3, -0.25) is 4.79 Å². The summed E-state index contributed by atoms with van der Waals surface area (Å²) in [5, 5.41) is 9.27. The summed E-state index contributed by atoms with van der Waals surface area (Å²) in [5.74, 6) is -0.239. The van der Waals surface area contributed by atoms with Gasteiger partial charge in [0.1, 0.15) is 23.1 Å². The third kappa shape index (κ3) is 3.50. The summed E-state index contributed by atoms with van der Waals surface area (Å²) < 4.78 is 14.8. The average molecular weight is 405 g/mol. The zero-order valence-electron chi connectivity index (χ0n) is 17.3. The van der Waals surface area contributed by atoms with Crippen LogP contribution in [0.15, 0.2) is 47.3 Å². The Bertz CT molecular complexity index is 1180. The van der Waals surface area contributed by atoms with Gasteiger partial charge in [0.25, 0.3) is 5.56 Å². The Kier molecular flexibility index (Phi) is 5.17. The number of piperidine rings is 1. The topological polar surface area (TPSA) is 65.2 Å². The van der Waals surface area contributed by atoms with Crippen LogP contribution in [0.4, 0.5) is 15.8 Å². The van der Waals surface area contributed by atoms with Crippen LogP contribution in [-0.2, 0) is 7.05 Å². The molecule has 1 aliphatic heterocycles. The molecule has 2 aromatic heterocycles. The fourth-order valence-corrected chi connectivity index (χ4v) is 4.34. The van der Waals surface area contributed by atoms with Gasteiger partial charge in [-0.2, -0.15) is 5.26 Å². The highest BCUT2D eigenvalue weighted by Crippen LogP contribution is 2.32. The van der Waals surface area contributed by atoms with E-state index in [0.717, 1.165) is 30.8 Å². The Labute approximate surface area is 174 Å². The summed E-state index contributed by atoms with van der Waals surface area (Å²) in [4.78, 5) is 21.5.